The summed E-state index contributed by atoms with van der Waals surface area (Å²) in [6, 6.07) is 25.3. The van der Waals surface area contributed by atoms with Crippen LogP contribution in [-0.4, -0.2) is 16.6 Å². The number of hydrogen-bond acceptors (Lipinski definition) is 4. The summed E-state index contributed by atoms with van der Waals surface area (Å²) in [5.74, 6) is 1.20. The number of carbonyl (C=O) groups is 1. The zero-order chi connectivity index (χ0) is 18.5. The van der Waals surface area contributed by atoms with Crippen molar-refractivity contribution in [2.45, 2.75) is 11.3 Å². The highest BCUT2D eigenvalue weighted by atomic mass is 32.2. The second kappa shape index (κ2) is 8.10. The van der Waals surface area contributed by atoms with Crippen LogP contribution in [0.1, 0.15) is 6.42 Å². The molecule has 0 spiro atoms. The van der Waals surface area contributed by atoms with Gasteiger partial charge in [0.25, 0.3) is 0 Å². The highest BCUT2D eigenvalue weighted by Crippen LogP contribution is 2.30. The fourth-order valence-electron chi connectivity index (χ4n) is 2.76. The molecule has 27 heavy (non-hydrogen) atoms. The maximum atomic E-state index is 12.4. The Bertz CT molecular complexity index is 1030. The zero-order valence-corrected chi connectivity index (χ0v) is 15.4. The molecule has 0 aliphatic heterocycles. The predicted octanol–water partition coefficient (Wildman–Crippen LogP) is 5.62. The van der Waals surface area contributed by atoms with Crippen molar-refractivity contribution in [3.63, 3.8) is 0 Å². The average molecular weight is 374 g/mol. The molecule has 0 atom stereocenters. The second-order valence-electron chi connectivity index (χ2n) is 5.99. The van der Waals surface area contributed by atoms with Crippen LogP contribution in [0.2, 0.25) is 0 Å². The number of thioether (sulfide) groups is 1. The molecule has 0 fully saturated rings. The van der Waals surface area contributed by atoms with Crippen LogP contribution >= 0.6 is 11.8 Å². The monoisotopic (exact) mass is 374 g/mol. The SMILES string of the molecule is O=C(CCSc1ccccc1)Nc1ccccc1-c1nc2ccccc2o1. The van der Waals surface area contributed by atoms with Gasteiger partial charge in [-0.2, -0.15) is 0 Å². The number of hydrogen-bond donors (Lipinski definition) is 1. The van der Waals surface area contributed by atoms with E-state index in [2.05, 4.69) is 10.3 Å². The Morgan fingerprint density at radius 2 is 1.67 bits per heavy atom. The molecule has 0 bridgehead atoms. The predicted molar refractivity (Wildman–Crippen MR) is 110 cm³/mol. The molecule has 1 amide bonds. The molecule has 1 N–H and O–H groups in total. The highest BCUT2D eigenvalue weighted by molar-refractivity contribution is 7.99. The zero-order valence-electron chi connectivity index (χ0n) is 14.6. The number of rotatable bonds is 6. The minimum absolute atomic E-state index is 0.0259. The van der Waals surface area contributed by atoms with Crippen molar-refractivity contribution in [3.05, 3.63) is 78.9 Å². The van der Waals surface area contributed by atoms with Crippen molar-refractivity contribution in [1.82, 2.24) is 4.98 Å². The third kappa shape index (κ3) is 4.20. The van der Waals surface area contributed by atoms with Crippen molar-refractivity contribution < 1.29 is 9.21 Å². The van der Waals surface area contributed by atoms with E-state index in [0.29, 0.717) is 18.0 Å². The van der Waals surface area contributed by atoms with Crippen LogP contribution in [0.4, 0.5) is 5.69 Å². The normalized spacial score (nSPS) is 10.8. The summed E-state index contributed by atoms with van der Waals surface area (Å²) in [6.07, 6.45) is 0.432. The molecule has 0 saturated heterocycles. The molecule has 0 radical (unpaired) electrons. The van der Waals surface area contributed by atoms with Crippen LogP contribution in [0.5, 0.6) is 0 Å². The van der Waals surface area contributed by atoms with Gasteiger partial charge >= 0.3 is 0 Å². The van der Waals surface area contributed by atoms with Crippen LogP contribution in [0.3, 0.4) is 0 Å². The first kappa shape index (κ1) is 17.4. The van der Waals surface area contributed by atoms with Crippen molar-refractivity contribution in [2.75, 3.05) is 11.1 Å². The Kier molecular flexibility index (Phi) is 5.21. The van der Waals surface area contributed by atoms with E-state index in [1.54, 1.807) is 11.8 Å². The number of carbonyl (C=O) groups excluding carboxylic acids is 1. The lowest BCUT2D eigenvalue weighted by Crippen LogP contribution is -2.12. The summed E-state index contributed by atoms with van der Waals surface area (Å²) in [7, 11) is 0. The van der Waals surface area contributed by atoms with Gasteiger partial charge in [0, 0.05) is 17.1 Å². The third-order valence-corrected chi connectivity index (χ3v) is 5.08. The smallest absolute Gasteiger partial charge is 0.229 e. The topological polar surface area (TPSA) is 55.1 Å². The third-order valence-electron chi connectivity index (χ3n) is 4.07. The number of fused-ring (bicyclic) bond motifs is 1. The lowest BCUT2D eigenvalue weighted by atomic mass is 10.1. The second-order valence-corrected chi connectivity index (χ2v) is 7.16. The van der Waals surface area contributed by atoms with Gasteiger partial charge in [0.05, 0.1) is 11.3 Å². The summed E-state index contributed by atoms with van der Waals surface area (Å²) < 4.78 is 5.85. The van der Waals surface area contributed by atoms with Gasteiger partial charge in [-0.15, -0.1) is 11.8 Å². The molecule has 134 valence electrons. The number of amides is 1. The van der Waals surface area contributed by atoms with Crippen LogP contribution in [0, 0.1) is 0 Å². The van der Waals surface area contributed by atoms with Crippen molar-refractivity contribution in [1.29, 1.82) is 0 Å². The Morgan fingerprint density at radius 1 is 0.926 bits per heavy atom. The lowest BCUT2D eigenvalue weighted by molar-refractivity contribution is -0.115. The molecule has 1 aromatic heterocycles. The van der Waals surface area contributed by atoms with Gasteiger partial charge in [0.2, 0.25) is 11.8 Å². The average Bonchev–Trinajstić information content (AvgIpc) is 3.13. The number of aromatic nitrogens is 1. The summed E-state index contributed by atoms with van der Waals surface area (Å²) in [5.41, 5.74) is 3.01. The number of nitrogens with one attached hydrogen (secondary N) is 1. The first-order chi connectivity index (χ1) is 13.3. The first-order valence-electron chi connectivity index (χ1n) is 8.72. The minimum atomic E-state index is -0.0259. The molecule has 3 aromatic carbocycles. The number of oxazole rings is 1. The summed E-state index contributed by atoms with van der Waals surface area (Å²) in [5, 5.41) is 2.99. The maximum Gasteiger partial charge on any atom is 0.229 e. The Morgan fingerprint density at radius 3 is 2.52 bits per heavy atom. The van der Waals surface area contributed by atoms with Crippen LogP contribution in [-0.2, 0) is 4.79 Å². The van der Waals surface area contributed by atoms with E-state index in [1.165, 1.54) is 0 Å². The van der Waals surface area contributed by atoms with Crippen LogP contribution in [0.15, 0.2) is 88.2 Å². The number of benzene rings is 3. The molecule has 5 heteroatoms. The molecular weight excluding hydrogens is 356 g/mol. The van der Waals surface area contributed by atoms with Gasteiger partial charge in [0.1, 0.15) is 5.52 Å². The van der Waals surface area contributed by atoms with E-state index in [1.807, 2.05) is 78.9 Å². The van der Waals surface area contributed by atoms with Crippen LogP contribution < -0.4 is 5.32 Å². The minimum Gasteiger partial charge on any atom is -0.436 e. The standard InChI is InChI=1S/C22H18N2O2S/c25-21(14-15-27-16-8-2-1-3-9-16)23-18-11-5-4-10-17(18)22-24-19-12-6-7-13-20(19)26-22/h1-13H,14-15H2,(H,23,25). The fourth-order valence-corrected chi connectivity index (χ4v) is 3.63. The molecule has 4 aromatic rings. The molecular formula is C22H18N2O2S. The summed E-state index contributed by atoms with van der Waals surface area (Å²) in [6.45, 7) is 0. The fraction of sp³-hybridized carbons (Fsp3) is 0.0909. The molecule has 1 heterocycles. The Hall–Kier alpha value is -3.05. The van der Waals surface area contributed by atoms with E-state index < -0.39 is 0 Å². The number of nitrogens with zero attached hydrogens (tertiary/aromatic N) is 1. The van der Waals surface area contributed by atoms with Crippen molar-refractivity contribution >= 4 is 34.5 Å². The van der Waals surface area contributed by atoms with E-state index >= 15 is 0 Å². The Labute approximate surface area is 161 Å². The van der Waals surface area contributed by atoms with Gasteiger partial charge in [-0.1, -0.05) is 42.5 Å². The van der Waals surface area contributed by atoms with E-state index in [4.69, 9.17) is 4.42 Å². The molecule has 0 aliphatic carbocycles. The van der Waals surface area contributed by atoms with Gasteiger partial charge in [0.15, 0.2) is 5.58 Å². The molecule has 4 rings (SSSR count). The molecule has 4 nitrogen and oxygen atoms in total. The van der Waals surface area contributed by atoms with E-state index in [9.17, 15) is 4.79 Å². The Balaban J connectivity index is 1.45. The van der Waals surface area contributed by atoms with Crippen LogP contribution in [0.25, 0.3) is 22.6 Å². The van der Waals surface area contributed by atoms with E-state index in [-0.39, 0.29) is 5.91 Å². The maximum absolute atomic E-state index is 12.4. The lowest BCUT2D eigenvalue weighted by Gasteiger charge is -2.08. The van der Waals surface area contributed by atoms with Gasteiger partial charge in [-0.25, -0.2) is 4.98 Å². The quantitative estimate of drug-likeness (QED) is 0.445. The largest absolute Gasteiger partial charge is 0.436 e. The summed E-state index contributed by atoms with van der Waals surface area (Å²) in [4.78, 5) is 18.1. The number of anilines is 1. The molecule has 0 unspecified atom stereocenters. The van der Waals surface area contributed by atoms with Crippen molar-refractivity contribution in [3.8, 4) is 11.5 Å². The summed E-state index contributed by atoms with van der Waals surface area (Å²) >= 11 is 1.67. The number of para-hydroxylation sites is 3. The highest BCUT2D eigenvalue weighted by Gasteiger charge is 2.13. The van der Waals surface area contributed by atoms with Gasteiger partial charge in [-0.3, -0.25) is 4.79 Å². The molecule has 0 aliphatic rings. The van der Waals surface area contributed by atoms with Gasteiger partial charge < -0.3 is 9.73 Å². The van der Waals surface area contributed by atoms with E-state index in [0.717, 1.165) is 27.3 Å². The van der Waals surface area contributed by atoms with Crippen molar-refractivity contribution in [2.24, 2.45) is 0 Å². The first-order valence-corrected chi connectivity index (χ1v) is 9.71. The molecule has 0 saturated carbocycles. The van der Waals surface area contributed by atoms with Gasteiger partial charge in [-0.05, 0) is 36.4 Å².